The highest BCUT2D eigenvalue weighted by atomic mass is 32.1. The van der Waals surface area contributed by atoms with E-state index in [1.165, 1.54) is 23.5 Å². The number of thiophene rings is 1. The summed E-state index contributed by atoms with van der Waals surface area (Å²) >= 11 is 1.37. The Labute approximate surface area is 196 Å². The minimum Gasteiger partial charge on any atom is -0.352 e. The van der Waals surface area contributed by atoms with Gasteiger partial charge in [0.1, 0.15) is 5.82 Å². The average Bonchev–Trinajstić information content (AvgIpc) is 3.38. The van der Waals surface area contributed by atoms with Gasteiger partial charge in [-0.1, -0.05) is 60.7 Å². The van der Waals surface area contributed by atoms with Crippen molar-refractivity contribution in [3.8, 4) is 0 Å². The van der Waals surface area contributed by atoms with Crippen LogP contribution in [0.3, 0.4) is 0 Å². The molecule has 0 saturated heterocycles. The van der Waals surface area contributed by atoms with Gasteiger partial charge in [0.25, 0.3) is 5.91 Å². The van der Waals surface area contributed by atoms with Gasteiger partial charge in [0.2, 0.25) is 5.91 Å². The van der Waals surface area contributed by atoms with Crippen molar-refractivity contribution < 1.29 is 14.0 Å². The molecule has 0 aliphatic rings. The molecule has 0 atom stereocenters. The summed E-state index contributed by atoms with van der Waals surface area (Å²) in [7, 11) is 0. The standard InChI is InChI=1S/C27H23FN2O2S/c28-23-13-11-21(12-14-23)19-30(27(32)25-10-5-15-33-25)24-9-4-8-22(16-24)17-26(31)29-18-20-6-2-1-3-7-20/h1-16H,17-19H2,(H,29,31). The van der Waals surface area contributed by atoms with E-state index in [2.05, 4.69) is 5.32 Å². The lowest BCUT2D eigenvalue weighted by Gasteiger charge is -2.23. The maximum absolute atomic E-state index is 13.4. The van der Waals surface area contributed by atoms with E-state index in [0.29, 0.717) is 23.7 Å². The molecule has 0 saturated carbocycles. The Morgan fingerprint density at radius 2 is 1.58 bits per heavy atom. The van der Waals surface area contributed by atoms with Crippen LogP contribution in [0.25, 0.3) is 0 Å². The molecule has 4 rings (SSSR count). The maximum atomic E-state index is 13.4. The zero-order chi connectivity index (χ0) is 23.0. The third-order valence-corrected chi connectivity index (χ3v) is 6.01. The van der Waals surface area contributed by atoms with E-state index in [-0.39, 0.29) is 24.1 Å². The second-order valence-corrected chi connectivity index (χ2v) is 8.55. The molecule has 1 N–H and O–H groups in total. The molecule has 0 radical (unpaired) electrons. The first-order valence-electron chi connectivity index (χ1n) is 10.6. The number of rotatable bonds is 8. The lowest BCUT2D eigenvalue weighted by Crippen LogP contribution is -2.30. The molecule has 0 bridgehead atoms. The summed E-state index contributed by atoms with van der Waals surface area (Å²) in [5, 5.41) is 4.79. The van der Waals surface area contributed by atoms with Crippen molar-refractivity contribution in [3.63, 3.8) is 0 Å². The van der Waals surface area contributed by atoms with Crippen molar-refractivity contribution in [1.29, 1.82) is 0 Å². The summed E-state index contributed by atoms with van der Waals surface area (Å²) in [5.41, 5.74) is 3.34. The number of hydrogen-bond donors (Lipinski definition) is 1. The zero-order valence-electron chi connectivity index (χ0n) is 17.9. The van der Waals surface area contributed by atoms with Gasteiger partial charge in [-0.15, -0.1) is 11.3 Å². The van der Waals surface area contributed by atoms with Crippen LogP contribution < -0.4 is 10.2 Å². The Bertz CT molecular complexity index is 1210. The number of nitrogens with zero attached hydrogens (tertiary/aromatic N) is 1. The Balaban J connectivity index is 1.51. The minimum atomic E-state index is -0.321. The Morgan fingerprint density at radius 3 is 2.30 bits per heavy atom. The van der Waals surface area contributed by atoms with Crippen LogP contribution in [-0.4, -0.2) is 11.8 Å². The number of benzene rings is 3. The summed E-state index contributed by atoms with van der Waals surface area (Å²) in [6.45, 7) is 0.758. The van der Waals surface area contributed by atoms with Crippen molar-refractivity contribution in [3.05, 3.63) is 124 Å². The number of hydrogen-bond acceptors (Lipinski definition) is 3. The molecule has 1 aromatic heterocycles. The molecule has 0 spiro atoms. The number of anilines is 1. The Kier molecular flexibility index (Phi) is 7.27. The van der Waals surface area contributed by atoms with Gasteiger partial charge in [0.05, 0.1) is 17.8 Å². The van der Waals surface area contributed by atoms with Crippen LogP contribution in [0.15, 0.2) is 96.4 Å². The molecule has 0 unspecified atom stereocenters. The molecule has 0 fully saturated rings. The molecule has 33 heavy (non-hydrogen) atoms. The summed E-state index contributed by atoms with van der Waals surface area (Å²) in [6.07, 6.45) is 0.207. The normalized spacial score (nSPS) is 10.6. The van der Waals surface area contributed by atoms with Crippen LogP contribution in [0.4, 0.5) is 10.1 Å². The van der Waals surface area contributed by atoms with Gasteiger partial charge < -0.3 is 10.2 Å². The van der Waals surface area contributed by atoms with Crippen LogP contribution >= 0.6 is 11.3 Å². The zero-order valence-corrected chi connectivity index (χ0v) is 18.7. The van der Waals surface area contributed by atoms with E-state index in [1.807, 2.05) is 66.0 Å². The third kappa shape index (κ3) is 6.14. The summed E-state index contributed by atoms with van der Waals surface area (Å²) < 4.78 is 13.4. The molecule has 3 aromatic carbocycles. The van der Waals surface area contributed by atoms with Gasteiger partial charge in [-0.05, 0) is 52.4 Å². The molecular weight excluding hydrogens is 435 g/mol. The number of halogens is 1. The van der Waals surface area contributed by atoms with Crippen molar-refractivity contribution in [2.75, 3.05) is 4.90 Å². The van der Waals surface area contributed by atoms with Gasteiger partial charge in [-0.3, -0.25) is 9.59 Å². The summed E-state index contributed by atoms with van der Waals surface area (Å²) in [5.74, 6) is -0.552. The quantitative estimate of drug-likeness (QED) is 0.374. The Morgan fingerprint density at radius 1 is 0.818 bits per heavy atom. The lowest BCUT2D eigenvalue weighted by molar-refractivity contribution is -0.120. The summed E-state index contributed by atoms with van der Waals surface area (Å²) in [4.78, 5) is 28.0. The predicted octanol–water partition coefficient (Wildman–Crippen LogP) is 5.59. The number of carbonyl (C=O) groups is 2. The van der Waals surface area contributed by atoms with Crippen LogP contribution in [-0.2, 0) is 24.3 Å². The maximum Gasteiger partial charge on any atom is 0.268 e. The molecule has 4 aromatic rings. The van der Waals surface area contributed by atoms with Crippen LogP contribution in [0.2, 0.25) is 0 Å². The van der Waals surface area contributed by atoms with E-state index < -0.39 is 0 Å². The minimum absolute atomic E-state index is 0.0920. The lowest BCUT2D eigenvalue weighted by atomic mass is 10.1. The van der Waals surface area contributed by atoms with Crippen molar-refractivity contribution in [2.45, 2.75) is 19.5 Å². The fourth-order valence-corrected chi connectivity index (χ4v) is 4.14. The molecule has 0 aliphatic carbocycles. The van der Waals surface area contributed by atoms with Crippen molar-refractivity contribution in [2.24, 2.45) is 0 Å². The average molecular weight is 459 g/mol. The smallest absolute Gasteiger partial charge is 0.268 e. The van der Waals surface area contributed by atoms with Gasteiger partial charge in [-0.25, -0.2) is 4.39 Å². The fraction of sp³-hybridized carbons (Fsp3) is 0.111. The molecule has 166 valence electrons. The molecule has 6 heteroatoms. The molecule has 1 heterocycles. The van der Waals surface area contributed by atoms with E-state index >= 15 is 0 Å². The molecular formula is C27H23FN2O2S. The first kappa shape index (κ1) is 22.4. The first-order valence-corrected chi connectivity index (χ1v) is 11.5. The molecule has 0 aliphatic heterocycles. The highest BCUT2D eigenvalue weighted by Crippen LogP contribution is 2.24. The van der Waals surface area contributed by atoms with Crippen molar-refractivity contribution >= 4 is 28.8 Å². The fourth-order valence-electron chi connectivity index (χ4n) is 3.46. The Hall–Kier alpha value is -3.77. The van der Waals surface area contributed by atoms with Gasteiger partial charge in [0.15, 0.2) is 0 Å². The topological polar surface area (TPSA) is 49.4 Å². The van der Waals surface area contributed by atoms with Gasteiger partial charge >= 0.3 is 0 Å². The van der Waals surface area contributed by atoms with Crippen LogP contribution in [0.1, 0.15) is 26.4 Å². The van der Waals surface area contributed by atoms with Crippen LogP contribution in [0.5, 0.6) is 0 Å². The second-order valence-electron chi connectivity index (χ2n) is 7.60. The molecule has 4 nitrogen and oxygen atoms in total. The number of amides is 2. The van der Waals surface area contributed by atoms with E-state index in [4.69, 9.17) is 0 Å². The van der Waals surface area contributed by atoms with Gasteiger partial charge in [-0.2, -0.15) is 0 Å². The third-order valence-electron chi connectivity index (χ3n) is 5.15. The van der Waals surface area contributed by atoms with E-state index in [0.717, 1.165) is 16.7 Å². The first-order chi connectivity index (χ1) is 16.1. The number of nitrogens with one attached hydrogen (secondary N) is 1. The second kappa shape index (κ2) is 10.7. The monoisotopic (exact) mass is 458 g/mol. The van der Waals surface area contributed by atoms with Crippen molar-refractivity contribution in [1.82, 2.24) is 5.32 Å². The largest absolute Gasteiger partial charge is 0.352 e. The highest BCUT2D eigenvalue weighted by molar-refractivity contribution is 7.12. The number of carbonyl (C=O) groups excluding carboxylic acids is 2. The van der Waals surface area contributed by atoms with Crippen LogP contribution in [0, 0.1) is 5.82 Å². The molecule has 2 amide bonds. The van der Waals surface area contributed by atoms with Gasteiger partial charge in [0, 0.05) is 12.2 Å². The summed E-state index contributed by atoms with van der Waals surface area (Å²) in [6, 6.07) is 26.9. The van der Waals surface area contributed by atoms with E-state index in [1.54, 1.807) is 23.1 Å². The highest BCUT2D eigenvalue weighted by Gasteiger charge is 2.20. The predicted molar refractivity (Wildman–Crippen MR) is 130 cm³/mol. The van der Waals surface area contributed by atoms with E-state index in [9.17, 15) is 14.0 Å². The SMILES string of the molecule is O=C(Cc1cccc(N(Cc2ccc(F)cc2)C(=O)c2cccs2)c1)NCc1ccccc1.